The van der Waals surface area contributed by atoms with E-state index in [1.54, 1.807) is 18.2 Å². The topological polar surface area (TPSA) is 122 Å². The number of amides is 3. The van der Waals surface area contributed by atoms with Gasteiger partial charge in [-0.15, -0.1) is 0 Å². The summed E-state index contributed by atoms with van der Waals surface area (Å²) in [6, 6.07) is 4.17. The van der Waals surface area contributed by atoms with Gasteiger partial charge in [0.2, 0.25) is 5.91 Å². The van der Waals surface area contributed by atoms with Crippen molar-refractivity contribution >= 4 is 35.2 Å². The van der Waals surface area contributed by atoms with Crippen LogP contribution in [0.2, 0.25) is 5.02 Å². The number of hydrogen-bond donors (Lipinski definition) is 4. The van der Waals surface area contributed by atoms with Crippen LogP contribution < -0.4 is 16.4 Å². The number of rotatable bonds is 5. The van der Waals surface area contributed by atoms with E-state index in [0.717, 1.165) is 0 Å². The monoisotopic (exact) mass is 285 g/mol. The first-order valence-electron chi connectivity index (χ1n) is 5.22. The average Bonchev–Trinajstić information content (AvgIpc) is 2.27. The fourth-order valence-corrected chi connectivity index (χ4v) is 1.48. The average molecular weight is 286 g/mol. The van der Waals surface area contributed by atoms with E-state index in [1.807, 2.05) is 0 Å². The molecule has 1 rings (SSSR count). The highest BCUT2D eigenvalue weighted by Gasteiger charge is 2.22. The lowest BCUT2D eigenvalue weighted by molar-refractivity contribution is -0.140. The van der Waals surface area contributed by atoms with Gasteiger partial charge in [-0.3, -0.25) is 4.79 Å². The molecule has 0 bridgehead atoms. The number of carbonyl (C=O) groups excluding carboxylic acids is 2. The first-order valence-corrected chi connectivity index (χ1v) is 5.60. The van der Waals surface area contributed by atoms with Crippen LogP contribution in [0.25, 0.3) is 0 Å². The first-order chi connectivity index (χ1) is 8.88. The minimum atomic E-state index is -1.38. The SMILES string of the molecule is NC(=O)CC(NC(=O)Nc1cccc(Cl)c1)C(=O)O. The van der Waals surface area contributed by atoms with Crippen molar-refractivity contribution in [3.63, 3.8) is 0 Å². The molecule has 1 unspecified atom stereocenters. The molecule has 0 aliphatic carbocycles. The highest BCUT2D eigenvalue weighted by atomic mass is 35.5. The van der Waals surface area contributed by atoms with Crippen LogP contribution in [0.5, 0.6) is 0 Å². The van der Waals surface area contributed by atoms with Crippen LogP contribution >= 0.6 is 11.6 Å². The molecule has 8 heteroatoms. The summed E-state index contributed by atoms with van der Waals surface area (Å²) in [5.41, 5.74) is 5.28. The number of carbonyl (C=O) groups is 3. The molecule has 0 aliphatic heterocycles. The van der Waals surface area contributed by atoms with E-state index in [0.29, 0.717) is 10.7 Å². The maximum Gasteiger partial charge on any atom is 0.326 e. The number of carboxylic acid groups (broad SMARTS) is 1. The fraction of sp³-hybridized carbons (Fsp3) is 0.182. The molecule has 0 aromatic heterocycles. The number of urea groups is 1. The Kier molecular flexibility index (Phi) is 5.13. The minimum absolute atomic E-state index is 0.396. The lowest BCUT2D eigenvalue weighted by Crippen LogP contribution is -2.45. The van der Waals surface area contributed by atoms with E-state index in [-0.39, 0.29) is 0 Å². The molecule has 0 spiro atoms. The highest BCUT2D eigenvalue weighted by Crippen LogP contribution is 2.14. The van der Waals surface area contributed by atoms with Crippen LogP contribution in [0.1, 0.15) is 6.42 Å². The largest absolute Gasteiger partial charge is 0.480 e. The molecule has 0 saturated carbocycles. The van der Waals surface area contributed by atoms with E-state index in [4.69, 9.17) is 22.4 Å². The Hall–Kier alpha value is -2.28. The van der Waals surface area contributed by atoms with Crippen LogP contribution in [-0.4, -0.2) is 29.1 Å². The van der Waals surface area contributed by atoms with E-state index in [1.165, 1.54) is 6.07 Å². The Labute approximate surface area is 113 Å². The fourth-order valence-electron chi connectivity index (χ4n) is 1.29. The summed E-state index contributed by atoms with van der Waals surface area (Å²) in [6.07, 6.45) is -0.488. The van der Waals surface area contributed by atoms with Gasteiger partial charge >= 0.3 is 12.0 Å². The number of nitrogens with one attached hydrogen (secondary N) is 2. The van der Waals surface area contributed by atoms with Crippen molar-refractivity contribution in [2.45, 2.75) is 12.5 Å². The quantitative estimate of drug-likeness (QED) is 0.639. The molecule has 0 radical (unpaired) electrons. The normalized spacial score (nSPS) is 11.4. The molecule has 3 amide bonds. The number of hydrogen-bond acceptors (Lipinski definition) is 3. The Morgan fingerprint density at radius 2 is 2.05 bits per heavy atom. The number of halogens is 1. The number of anilines is 1. The second kappa shape index (κ2) is 6.60. The number of aliphatic carboxylic acids is 1. The van der Waals surface area contributed by atoms with Crippen LogP contribution in [0.3, 0.4) is 0 Å². The molecule has 1 aromatic rings. The molecule has 0 heterocycles. The van der Waals surface area contributed by atoms with E-state index in [9.17, 15) is 14.4 Å². The van der Waals surface area contributed by atoms with Gasteiger partial charge in [0.25, 0.3) is 0 Å². The summed E-state index contributed by atoms with van der Waals surface area (Å²) in [6.45, 7) is 0. The van der Waals surface area contributed by atoms with Gasteiger partial charge in [0.15, 0.2) is 0 Å². The van der Waals surface area contributed by atoms with Crippen molar-refractivity contribution in [3.05, 3.63) is 29.3 Å². The van der Waals surface area contributed by atoms with Gasteiger partial charge in [-0.25, -0.2) is 9.59 Å². The van der Waals surface area contributed by atoms with Crippen molar-refractivity contribution in [1.29, 1.82) is 0 Å². The Morgan fingerprint density at radius 3 is 2.58 bits per heavy atom. The van der Waals surface area contributed by atoms with Gasteiger partial charge in [-0.2, -0.15) is 0 Å². The zero-order chi connectivity index (χ0) is 14.4. The predicted molar refractivity (Wildman–Crippen MR) is 68.8 cm³/mol. The van der Waals surface area contributed by atoms with Crippen LogP contribution in [0.15, 0.2) is 24.3 Å². The van der Waals surface area contributed by atoms with Crippen molar-refractivity contribution in [3.8, 4) is 0 Å². The van der Waals surface area contributed by atoms with E-state index < -0.39 is 30.4 Å². The predicted octanol–water partition coefficient (Wildman–Crippen LogP) is 0.790. The molecule has 0 aliphatic rings. The summed E-state index contributed by atoms with van der Waals surface area (Å²) in [5, 5.41) is 13.7. The molecule has 19 heavy (non-hydrogen) atoms. The van der Waals surface area contributed by atoms with E-state index >= 15 is 0 Å². The zero-order valence-corrected chi connectivity index (χ0v) is 10.5. The lowest BCUT2D eigenvalue weighted by atomic mass is 10.2. The molecule has 0 fully saturated rings. The maximum atomic E-state index is 11.5. The number of benzene rings is 1. The molecule has 7 nitrogen and oxygen atoms in total. The summed E-state index contributed by atoms with van der Waals surface area (Å²) in [4.78, 5) is 33.0. The standard InChI is InChI=1S/C11H12ClN3O4/c12-6-2-1-3-7(4-6)14-11(19)15-8(10(17)18)5-9(13)16/h1-4,8H,5H2,(H2,13,16)(H,17,18)(H2,14,15,19). The number of carboxylic acids is 1. The first kappa shape index (κ1) is 14.8. The molecule has 1 atom stereocenters. The second-order valence-electron chi connectivity index (χ2n) is 3.67. The van der Waals surface area contributed by atoms with Crippen LogP contribution in [0.4, 0.5) is 10.5 Å². The summed E-state index contributed by atoms with van der Waals surface area (Å²) < 4.78 is 0. The van der Waals surface area contributed by atoms with Gasteiger partial charge < -0.3 is 21.5 Å². The number of nitrogens with two attached hydrogens (primary N) is 1. The van der Waals surface area contributed by atoms with Gasteiger partial charge in [0, 0.05) is 10.7 Å². The lowest BCUT2D eigenvalue weighted by Gasteiger charge is -2.13. The maximum absolute atomic E-state index is 11.5. The third-order valence-electron chi connectivity index (χ3n) is 2.09. The van der Waals surface area contributed by atoms with Gasteiger partial charge in [0.05, 0.1) is 6.42 Å². The molecular formula is C11H12ClN3O4. The third kappa shape index (κ3) is 5.26. The van der Waals surface area contributed by atoms with Crippen molar-refractivity contribution in [2.75, 3.05) is 5.32 Å². The summed E-state index contributed by atoms with van der Waals surface area (Å²) in [5.74, 6) is -2.17. The minimum Gasteiger partial charge on any atom is -0.480 e. The van der Waals surface area contributed by atoms with Gasteiger partial charge in [0.1, 0.15) is 6.04 Å². The Bertz CT molecular complexity index is 506. The molecular weight excluding hydrogens is 274 g/mol. The molecule has 0 saturated heterocycles. The van der Waals surface area contributed by atoms with Gasteiger partial charge in [-0.1, -0.05) is 17.7 Å². The zero-order valence-electron chi connectivity index (χ0n) is 9.72. The number of primary amides is 1. The molecule has 5 N–H and O–H groups in total. The van der Waals surface area contributed by atoms with Crippen LogP contribution in [-0.2, 0) is 9.59 Å². The van der Waals surface area contributed by atoms with Crippen molar-refractivity contribution < 1.29 is 19.5 Å². The highest BCUT2D eigenvalue weighted by molar-refractivity contribution is 6.30. The second-order valence-corrected chi connectivity index (χ2v) is 4.11. The smallest absolute Gasteiger partial charge is 0.326 e. The third-order valence-corrected chi connectivity index (χ3v) is 2.33. The van der Waals surface area contributed by atoms with Gasteiger partial charge in [-0.05, 0) is 18.2 Å². The van der Waals surface area contributed by atoms with Crippen molar-refractivity contribution in [2.24, 2.45) is 5.73 Å². The Morgan fingerprint density at radius 1 is 1.37 bits per heavy atom. The molecule has 102 valence electrons. The summed E-state index contributed by atoms with van der Waals surface area (Å²) in [7, 11) is 0. The Balaban J connectivity index is 2.62. The van der Waals surface area contributed by atoms with Crippen LogP contribution in [0, 0.1) is 0 Å². The summed E-state index contributed by atoms with van der Waals surface area (Å²) >= 11 is 5.73. The molecule has 1 aromatic carbocycles. The van der Waals surface area contributed by atoms with E-state index in [2.05, 4.69) is 10.6 Å². The van der Waals surface area contributed by atoms with Crippen molar-refractivity contribution in [1.82, 2.24) is 5.32 Å².